The lowest BCUT2D eigenvalue weighted by molar-refractivity contribution is -0.384. The second kappa shape index (κ2) is 7.73. The summed E-state index contributed by atoms with van der Waals surface area (Å²) in [5, 5.41) is 10.8. The minimum absolute atomic E-state index is 0.000322. The molecule has 1 aromatic carbocycles. The minimum atomic E-state index is -0.770. The SMILES string of the molecule is CC(C)(C)OC(=O)COC(=O)/C=C\c1ccc(Cl)c([N+](=O)[O-])c1. The van der Waals surface area contributed by atoms with Gasteiger partial charge >= 0.3 is 11.9 Å². The Morgan fingerprint density at radius 1 is 1.35 bits per heavy atom. The molecule has 0 aliphatic heterocycles. The number of hydrogen-bond acceptors (Lipinski definition) is 6. The van der Waals surface area contributed by atoms with Crippen molar-refractivity contribution in [3.63, 3.8) is 0 Å². The lowest BCUT2D eigenvalue weighted by atomic mass is 10.2. The fourth-order valence-electron chi connectivity index (χ4n) is 1.49. The second-order valence-corrected chi connectivity index (χ2v) is 5.90. The summed E-state index contributed by atoms with van der Waals surface area (Å²) < 4.78 is 9.69. The molecule has 0 saturated heterocycles. The zero-order valence-electron chi connectivity index (χ0n) is 12.9. The molecule has 0 aliphatic carbocycles. The predicted octanol–water partition coefficient (Wildman–Crippen LogP) is 3.15. The molecule has 0 heterocycles. The average Bonchev–Trinajstić information content (AvgIpc) is 2.42. The van der Waals surface area contributed by atoms with Crippen molar-refractivity contribution in [3.05, 3.63) is 45.0 Å². The summed E-state index contributed by atoms with van der Waals surface area (Å²) in [5.41, 5.74) is -0.534. The zero-order valence-corrected chi connectivity index (χ0v) is 13.6. The Morgan fingerprint density at radius 2 is 2.00 bits per heavy atom. The van der Waals surface area contributed by atoms with Gasteiger partial charge in [0.2, 0.25) is 0 Å². The van der Waals surface area contributed by atoms with Crippen LogP contribution in [0.5, 0.6) is 0 Å². The van der Waals surface area contributed by atoms with Crippen LogP contribution in [0.3, 0.4) is 0 Å². The van der Waals surface area contributed by atoms with Crippen LogP contribution in [0.2, 0.25) is 5.02 Å². The van der Waals surface area contributed by atoms with E-state index >= 15 is 0 Å². The summed E-state index contributed by atoms with van der Waals surface area (Å²) in [7, 11) is 0. The smallest absolute Gasteiger partial charge is 0.344 e. The fourth-order valence-corrected chi connectivity index (χ4v) is 1.67. The number of carbonyl (C=O) groups is 2. The van der Waals surface area contributed by atoms with Gasteiger partial charge in [0.15, 0.2) is 6.61 Å². The van der Waals surface area contributed by atoms with E-state index in [0.717, 1.165) is 6.08 Å². The van der Waals surface area contributed by atoms with Crippen LogP contribution in [0.1, 0.15) is 26.3 Å². The molecular weight excluding hydrogens is 326 g/mol. The van der Waals surface area contributed by atoms with Crippen LogP contribution < -0.4 is 0 Å². The molecule has 0 aromatic heterocycles. The van der Waals surface area contributed by atoms with Gasteiger partial charge in [-0.05, 0) is 38.5 Å². The third kappa shape index (κ3) is 6.92. The Bertz CT molecular complexity index is 648. The standard InChI is InChI=1S/C15H16ClNO6/c1-15(2,3)23-14(19)9-22-13(18)7-5-10-4-6-11(16)12(8-10)17(20)21/h4-8H,9H2,1-3H3/b7-5-. The number of nitrogens with zero attached hydrogens (tertiary/aromatic N) is 1. The normalized spacial score (nSPS) is 11.3. The molecule has 1 rings (SSSR count). The monoisotopic (exact) mass is 341 g/mol. The first-order chi connectivity index (χ1) is 10.6. The zero-order chi connectivity index (χ0) is 17.6. The largest absolute Gasteiger partial charge is 0.457 e. The van der Waals surface area contributed by atoms with Crippen molar-refractivity contribution in [2.24, 2.45) is 0 Å². The lowest BCUT2D eigenvalue weighted by Crippen LogP contribution is -2.27. The third-order valence-corrected chi connectivity index (χ3v) is 2.65. The lowest BCUT2D eigenvalue weighted by Gasteiger charge is -2.19. The van der Waals surface area contributed by atoms with Crippen molar-refractivity contribution < 1.29 is 24.0 Å². The van der Waals surface area contributed by atoms with Gasteiger partial charge in [0.25, 0.3) is 5.69 Å². The molecule has 0 unspecified atom stereocenters. The molecule has 0 radical (unpaired) electrons. The van der Waals surface area contributed by atoms with E-state index in [2.05, 4.69) is 0 Å². The predicted molar refractivity (Wildman–Crippen MR) is 83.9 cm³/mol. The van der Waals surface area contributed by atoms with Gasteiger partial charge in [-0.2, -0.15) is 0 Å². The van der Waals surface area contributed by atoms with Gasteiger partial charge in [0, 0.05) is 12.1 Å². The van der Waals surface area contributed by atoms with Gasteiger partial charge in [0.1, 0.15) is 10.6 Å². The fraction of sp³-hybridized carbons (Fsp3) is 0.333. The highest BCUT2D eigenvalue weighted by Gasteiger charge is 2.17. The molecule has 0 amide bonds. The molecule has 0 aliphatic rings. The van der Waals surface area contributed by atoms with E-state index < -0.39 is 29.1 Å². The molecule has 1 aromatic rings. The summed E-state index contributed by atoms with van der Waals surface area (Å²) in [4.78, 5) is 33.0. The van der Waals surface area contributed by atoms with Crippen LogP contribution in [0.15, 0.2) is 24.3 Å². The first kappa shape index (κ1) is 18.6. The maximum atomic E-state index is 11.5. The highest BCUT2D eigenvalue weighted by atomic mass is 35.5. The molecule has 0 saturated carbocycles. The molecule has 0 N–H and O–H groups in total. The van der Waals surface area contributed by atoms with E-state index in [4.69, 9.17) is 21.1 Å². The maximum Gasteiger partial charge on any atom is 0.344 e. The highest BCUT2D eigenvalue weighted by molar-refractivity contribution is 6.32. The van der Waals surface area contributed by atoms with Crippen LogP contribution in [0, 0.1) is 10.1 Å². The van der Waals surface area contributed by atoms with E-state index in [0.29, 0.717) is 5.56 Å². The Morgan fingerprint density at radius 3 is 2.57 bits per heavy atom. The maximum absolute atomic E-state index is 11.5. The van der Waals surface area contributed by atoms with Crippen molar-refractivity contribution >= 4 is 35.3 Å². The van der Waals surface area contributed by atoms with Crippen molar-refractivity contribution in [2.45, 2.75) is 26.4 Å². The van der Waals surface area contributed by atoms with Gasteiger partial charge in [-0.25, -0.2) is 9.59 Å². The highest BCUT2D eigenvalue weighted by Crippen LogP contribution is 2.25. The molecule has 0 bridgehead atoms. The second-order valence-electron chi connectivity index (χ2n) is 5.50. The van der Waals surface area contributed by atoms with Gasteiger partial charge < -0.3 is 9.47 Å². The van der Waals surface area contributed by atoms with Gasteiger partial charge in [-0.3, -0.25) is 10.1 Å². The summed E-state index contributed by atoms with van der Waals surface area (Å²) in [5.74, 6) is -1.44. The van der Waals surface area contributed by atoms with Crippen LogP contribution in [0.4, 0.5) is 5.69 Å². The summed E-state index contributed by atoms with van der Waals surface area (Å²) in [6.07, 6.45) is 2.37. The van der Waals surface area contributed by atoms with Crippen molar-refractivity contribution in [1.29, 1.82) is 0 Å². The number of rotatable bonds is 5. The Balaban J connectivity index is 2.61. The van der Waals surface area contributed by atoms with E-state index in [-0.39, 0.29) is 10.7 Å². The van der Waals surface area contributed by atoms with Gasteiger partial charge in [0.05, 0.1) is 4.92 Å². The van der Waals surface area contributed by atoms with Crippen molar-refractivity contribution in [1.82, 2.24) is 0 Å². The molecule has 0 fully saturated rings. The van der Waals surface area contributed by atoms with E-state index in [1.54, 1.807) is 20.8 Å². The van der Waals surface area contributed by atoms with Crippen molar-refractivity contribution in [3.8, 4) is 0 Å². The number of esters is 2. The number of carbonyl (C=O) groups excluding carboxylic acids is 2. The van der Waals surface area contributed by atoms with Gasteiger partial charge in [-0.1, -0.05) is 17.7 Å². The summed E-state index contributed by atoms with van der Waals surface area (Å²) in [6.45, 7) is 4.57. The van der Waals surface area contributed by atoms with Crippen LogP contribution in [-0.4, -0.2) is 29.1 Å². The third-order valence-electron chi connectivity index (χ3n) is 2.33. The quantitative estimate of drug-likeness (QED) is 0.353. The van der Waals surface area contributed by atoms with Crippen LogP contribution in [-0.2, 0) is 19.1 Å². The molecular formula is C15H16ClNO6. The Hall–Kier alpha value is -2.41. The molecule has 7 nitrogen and oxygen atoms in total. The minimum Gasteiger partial charge on any atom is -0.457 e. The topological polar surface area (TPSA) is 95.7 Å². The van der Waals surface area contributed by atoms with Crippen LogP contribution in [0.25, 0.3) is 6.08 Å². The number of nitro groups is 1. The number of benzene rings is 1. The van der Waals surface area contributed by atoms with Gasteiger partial charge in [-0.15, -0.1) is 0 Å². The number of hydrogen-bond donors (Lipinski definition) is 0. The average molecular weight is 342 g/mol. The molecule has 0 spiro atoms. The molecule has 23 heavy (non-hydrogen) atoms. The Labute approximate surface area is 138 Å². The van der Waals surface area contributed by atoms with E-state index in [1.807, 2.05) is 0 Å². The number of nitro benzene ring substituents is 1. The first-order valence-corrected chi connectivity index (χ1v) is 6.97. The molecule has 0 atom stereocenters. The van der Waals surface area contributed by atoms with E-state index in [9.17, 15) is 19.7 Å². The number of halogens is 1. The van der Waals surface area contributed by atoms with Crippen LogP contribution >= 0.6 is 11.6 Å². The molecule has 8 heteroatoms. The number of ether oxygens (including phenoxy) is 2. The summed E-state index contributed by atoms with van der Waals surface area (Å²) >= 11 is 5.68. The molecule has 124 valence electrons. The Kier molecular flexibility index (Phi) is 6.27. The van der Waals surface area contributed by atoms with Crippen molar-refractivity contribution in [2.75, 3.05) is 6.61 Å². The summed E-state index contributed by atoms with van der Waals surface area (Å²) in [6, 6.07) is 4.08. The van der Waals surface area contributed by atoms with E-state index in [1.165, 1.54) is 24.3 Å². The first-order valence-electron chi connectivity index (χ1n) is 6.59.